The highest BCUT2D eigenvalue weighted by Crippen LogP contribution is 2.20. The number of pyridine rings is 1. The zero-order valence-electron chi connectivity index (χ0n) is 7.88. The van der Waals surface area contributed by atoms with Gasteiger partial charge in [0.15, 0.2) is 5.69 Å². The Morgan fingerprint density at radius 1 is 1.31 bits per heavy atom. The Labute approximate surface area is 76.4 Å². The summed E-state index contributed by atoms with van der Waals surface area (Å²) in [7, 11) is 0. The first-order valence-corrected chi connectivity index (χ1v) is 3.91. The summed E-state index contributed by atoms with van der Waals surface area (Å²) in [4.78, 5) is 14.6. The lowest BCUT2D eigenvalue weighted by molar-refractivity contribution is 0.0689. The molecule has 0 amide bonds. The number of hydrogen-bond donors (Lipinski definition) is 2. The number of nitrogens with zero attached hydrogens (tertiary/aromatic N) is 1. The predicted molar refractivity (Wildman–Crippen MR) is 49.8 cm³/mol. The number of carboxylic acid groups (broad SMARTS) is 1. The van der Waals surface area contributed by atoms with E-state index in [4.69, 9.17) is 10.8 Å². The third-order valence-corrected chi connectivity index (χ3v) is 2.19. The number of hydrogen-bond acceptors (Lipinski definition) is 3. The Balaban J connectivity index is 3.50. The Morgan fingerprint density at radius 3 is 2.31 bits per heavy atom. The minimum Gasteiger partial charge on any atom is -0.477 e. The molecule has 0 unspecified atom stereocenters. The van der Waals surface area contributed by atoms with Crippen LogP contribution in [0.2, 0.25) is 0 Å². The van der Waals surface area contributed by atoms with E-state index in [1.54, 1.807) is 20.8 Å². The van der Waals surface area contributed by atoms with Gasteiger partial charge in [-0.1, -0.05) is 0 Å². The molecule has 0 fully saturated rings. The van der Waals surface area contributed by atoms with E-state index >= 15 is 0 Å². The smallest absolute Gasteiger partial charge is 0.354 e. The number of aromatic carboxylic acids is 1. The summed E-state index contributed by atoms with van der Waals surface area (Å²) in [6.45, 7) is 5.21. The van der Waals surface area contributed by atoms with Crippen molar-refractivity contribution in [3.8, 4) is 0 Å². The van der Waals surface area contributed by atoms with Crippen LogP contribution in [0.5, 0.6) is 0 Å². The topological polar surface area (TPSA) is 76.2 Å². The zero-order chi connectivity index (χ0) is 10.2. The molecule has 70 valence electrons. The van der Waals surface area contributed by atoms with Crippen LogP contribution in [0, 0.1) is 20.8 Å². The van der Waals surface area contributed by atoms with Crippen molar-refractivity contribution in [1.82, 2.24) is 4.98 Å². The van der Waals surface area contributed by atoms with Crippen molar-refractivity contribution < 1.29 is 9.90 Å². The summed E-state index contributed by atoms with van der Waals surface area (Å²) < 4.78 is 0. The molecule has 4 nitrogen and oxygen atoms in total. The highest BCUT2D eigenvalue weighted by molar-refractivity contribution is 5.88. The second-order valence-electron chi connectivity index (χ2n) is 3.01. The summed E-state index contributed by atoms with van der Waals surface area (Å²) in [5.74, 6) is -1.01. The molecule has 0 aliphatic carbocycles. The van der Waals surface area contributed by atoms with Gasteiger partial charge in [0.05, 0.1) is 11.4 Å². The van der Waals surface area contributed by atoms with E-state index in [1.165, 1.54) is 0 Å². The van der Waals surface area contributed by atoms with E-state index in [9.17, 15) is 4.79 Å². The third-order valence-electron chi connectivity index (χ3n) is 2.19. The summed E-state index contributed by atoms with van der Waals surface area (Å²) in [6, 6.07) is 0. The lowest BCUT2D eigenvalue weighted by Gasteiger charge is -2.09. The Hall–Kier alpha value is -1.58. The van der Waals surface area contributed by atoms with E-state index in [-0.39, 0.29) is 5.69 Å². The van der Waals surface area contributed by atoms with E-state index < -0.39 is 5.97 Å². The Morgan fingerprint density at radius 2 is 1.85 bits per heavy atom. The van der Waals surface area contributed by atoms with Gasteiger partial charge < -0.3 is 10.8 Å². The summed E-state index contributed by atoms with van der Waals surface area (Å²) >= 11 is 0. The van der Waals surface area contributed by atoms with E-state index in [0.717, 1.165) is 5.56 Å². The van der Waals surface area contributed by atoms with Crippen LogP contribution in [0.4, 0.5) is 5.69 Å². The maximum absolute atomic E-state index is 10.7. The number of nitrogen functional groups attached to an aromatic ring is 1. The second kappa shape index (κ2) is 3.05. The van der Waals surface area contributed by atoms with E-state index in [2.05, 4.69) is 4.98 Å². The molecule has 13 heavy (non-hydrogen) atoms. The molecular weight excluding hydrogens is 168 g/mol. The SMILES string of the molecule is Cc1nc(C(=O)O)c(C)c(C)c1N. The molecule has 0 saturated heterocycles. The number of carboxylic acids is 1. The lowest BCUT2D eigenvalue weighted by atomic mass is 10.1. The summed E-state index contributed by atoms with van der Waals surface area (Å²) in [5.41, 5.74) is 8.36. The molecule has 1 rings (SSSR count). The fourth-order valence-corrected chi connectivity index (χ4v) is 1.17. The van der Waals surface area contributed by atoms with Crippen molar-refractivity contribution in [3.63, 3.8) is 0 Å². The number of anilines is 1. The van der Waals surface area contributed by atoms with Crippen LogP contribution < -0.4 is 5.73 Å². The highest BCUT2D eigenvalue weighted by Gasteiger charge is 2.14. The van der Waals surface area contributed by atoms with Crippen LogP contribution in [0.1, 0.15) is 27.3 Å². The number of carbonyl (C=O) groups is 1. The van der Waals surface area contributed by atoms with Gasteiger partial charge in [0.2, 0.25) is 0 Å². The Bertz CT molecular complexity index is 372. The lowest BCUT2D eigenvalue weighted by Crippen LogP contribution is -2.09. The predicted octanol–water partition coefficient (Wildman–Crippen LogP) is 1.29. The minimum atomic E-state index is -1.01. The van der Waals surface area contributed by atoms with Gasteiger partial charge in [-0.15, -0.1) is 0 Å². The molecule has 1 aromatic heterocycles. The molecule has 0 radical (unpaired) electrons. The van der Waals surface area contributed by atoms with Gasteiger partial charge in [-0.05, 0) is 31.9 Å². The number of aromatic nitrogens is 1. The van der Waals surface area contributed by atoms with Gasteiger partial charge >= 0.3 is 5.97 Å². The van der Waals surface area contributed by atoms with E-state index in [1.807, 2.05) is 0 Å². The summed E-state index contributed by atoms with van der Waals surface area (Å²) in [5, 5.41) is 8.80. The average Bonchev–Trinajstić information content (AvgIpc) is 2.07. The minimum absolute atomic E-state index is 0.0872. The molecule has 4 heteroatoms. The molecular formula is C9H12N2O2. The van der Waals surface area contributed by atoms with Gasteiger partial charge in [0.25, 0.3) is 0 Å². The number of nitrogens with two attached hydrogens (primary N) is 1. The molecule has 0 atom stereocenters. The van der Waals surface area contributed by atoms with Crippen molar-refractivity contribution in [2.45, 2.75) is 20.8 Å². The summed E-state index contributed by atoms with van der Waals surface area (Å²) in [6.07, 6.45) is 0. The largest absolute Gasteiger partial charge is 0.477 e. The highest BCUT2D eigenvalue weighted by atomic mass is 16.4. The first-order chi connectivity index (χ1) is 5.95. The van der Waals surface area contributed by atoms with Gasteiger partial charge in [0, 0.05) is 0 Å². The third kappa shape index (κ3) is 1.47. The standard InChI is InChI=1S/C9H12N2O2/c1-4-5(2)8(9(12)13)11-6(3)7(4)10/h10H2,1-3H3,(H,12,13). The van der Waals surface area contributed by atoms with Crippen molar-refractivity contribution in [2.24, 2.45) is 0 Å². The average molecular weight is 180 g/mol. The first kappa shape index (κ1) is 9.51. The zero-order valence-corrected chi connectivity index (χ0v) is 7.88. The first-order valence-electron chi connectivity index (χ1n) is 3.91. The van der Waals surface area contributed by atoms with Crippen molar-refractivity contribution >= 4 is 11.7 Å². The monoisotopic (exact) mass is 180 g/mol. The molecule has 0 aliphatic rings. The second-order valence-corrected chi connectivity index (χ2v) is 3.01. The van der Waals surface area contributed by atoms with Crippen molar-refractivity contribution in [1.29, 1.82) is 0 Å². The molecule has 0 spiro atoms. The normalized spacial score (nSPS) is 10.1. The van der Waals surface area contributed by atoms with Gasteiger partial charge in [0.1, 0.15) is 0 Å². The fraction of sp³-hybridized carbons (Fsp3) is 0.333. The van der Waals surface area contributed by atoms with Crippen LogP contribution in [0.15, 0.2) is 0 Å². The maximum atomic E-state index is 10.7. The van der Waals surface area contributed by atoms with Crippen LogP contribution in [-0.2, 0) is 0 Å². The molecule has 0 bridgehead atoms. The van der Waals surface area contributed by atoms with Gasteiger partial charge in [-0.3, -0.25) is 0 Å². The molecule has 3 N–H and O–H groups in total. The van der Waals surface area contributed by atoms with Gasteiger partial charge in [-0.25, -0.2) is 9.78 Å². The van der Waals surface area contributed by atoms with Crippen LogP contribution >= 0.6 is 0 Å². The number of rotatable bonds is 1. The van der Waals surface area contributed by atoms with Crippen LogP contribution in [0.25, 0.3) is 0 Å². The molecule has 1 aromatic rings. The quantitative estimate of drug-likeness (QED) is 0.682. The molecule has 0 saturated carbocycles. The van der Waals surface area contributed by atoms with Crippen molar-refractivity contribution in [3.05, 3.63) is 22.5 Å². The van der Waals surface area contributed by atoms with E-state index in [0.29, 0.717) is 16.9 Å². The molecule has 0 aromatic carbocycles. The van der Waals surface area contributed by atoms with Crippen molar-refractivity contribution in [2.75, 3.05) is 5.73 Å². The van der Waals surface area contributed by atoms with Crippen LogP contribution in [-0.4, -0.2) is 16.1 Å². The number of aryl methyl sites for hydroxylation is 1. The Kier molecular flexibility index (Phi) is 2.23. The molecule has 1 heterocycles. The molecule has 0 aliphatic heterocycles. The fourth-order valence-electron chi connectivity index (χ4n) is 1.17. The maximum Gasteiger partial charge on any atom is 0.354 e. The van der Waals surface area contributed by atoms with Crippen LogP contribution in [0.3, 0.4) is 0 Å². The van der Waals surface area contributed by atoms with Gasteiger partial charge in [-0.2, -0.15) is 0 Å².